The summed E-state index contributed by atoms with van der Waals surface area (Å²) in [6, 6.07) is 3.40. The molecule has 0 saturated carbocycles. The van der Waals surface area contributed by atoms with Crippen LogP contribution in [0.5, 0.6) is 0 Å². The monoisotopic (exact) mass is 335 g/mol. The Morgan fingerprint density at radius 2 is 2.15 bits per heavy atom. The Kier molecular flexibility index (Phi) is 3.77. The smallest absolute Gasteiger partial charge is 0.266 e. The topological polar surface area (TPSA) is 63.9 Å². The van der Waals surface area contributed by atoms with Crippen LogP contribution in [0.4, 0.5) is 5.95 Å². The molecule has 0 bridgehead atoms. The summed E-state index contributed by atoms with van der Waals surface area (Å²) in [5.74, 6) is 0.708. The fourth-order valence-electron chi connectivity index (χ4n) is 2.47. The highest BCUT2D eigenvalue weighted by Gasteiger charge is 2.27. The van der Waals surface area contributed by atoms with Crippen molar-refractivity contribution < 1.29 is 0 Å². The van der Waals surface area contributed by atoms with E-state index in [1.54, 1.807) is 24.7 Å². The molecule has 0 radical (unpaired) electrons. The van der Waals surface area contributed by atoms with Crippen molar-refractivity contribution >= 4 is 21.9 Å². The summed E-state index contributed by atoms with van der Waals surface area (Å²) in [6.07, 6.45) is 7.21. The van der Waals surface area contributed by atoms with Crippen LogP contribution in [0.1, 0.15) is 12.8 Å². The molecule has 0 spiro atoms. The first-order chi connectivity index (χ1) is 9.74. The van der Waals surface area contributed by atoms with E-state index in [4.69, 9.17) is 0 Å². The van der Waals surface area contributed by atoms with Gasteiger partial charge in [0.1, 0.15) is 0 Å². The van der Waals surface area contributed by atoms with E-state index in [0.717, 1.165) is 23.9 Å². The molecule has 0 amide bonds. The number of aromatic nitrogens is 4. The molecule has 0 aromatic carbocycles. The fourth-order valence-corrected chi connectivity index (χ4v) is 2.67. The Labute approximate surface area is 124 Å². The minimum Gasteiger partial charge on any atom is -0.336 e. The minimum atomic E-state index is -0.0731. The molecule has 7 heteroatoms. The molecule has 3 rings (SSSR count). The molecule has 2 aromatic rings. The maximum atomic E-state index is 11.7. The van der Waals surface area contributed by atoms with Gasteiger partial charge in [-0.1, -0.05) is 0 Å². The lowest BCUT2D eigenvalue weighted by atomic mass is 10.2. The number of nitrogens with zero attached hydrogens (tertiary/aromatic N) is 5. The number of hydrogen-bond acceptors (Lipinski definition) is 5. The average molecular weight is 336 g/mol. The maximum Gasteiger partial charge on any atom is 0.266 e. The van der Waals surface area contributed by atoms with Crippen LogP contribution in [0.15, 0.2) is 40.0 Å². The molecule has 1 saturated heterocycles. The summed E-state index contributed by atoms with van der Waals surface area (Å²) >= 11 is 3.33. The summed E-state index contributed by atoms with van der Waals surface area (Å²) in [7, 11) is 0. The molecular formula is C13H14BrN5O. The zero-order valence-electron chi connectivity index (χ0n) is 10.8. The summed E-state index contributed by atoms with van der Waals surface area (Å²) in [5, 5.41) is 4.11. The molecule has 1 unspecified atom stereocenters. The molecule has 0 aliphatic carbocycles. The summed E-state index contributed by atoms with van der Waals surface area (Å²) in [6.45, 7) is 1.48. The van der Waals surface area contributed by atoms with Crippen molar-refractivity contribution in [2.24, 2.45) is 0 Å². The van der Waals surface area contributed by atoms with Gasteiger partial charge in [0.2, 0.25) is 5.95 Å². The first kappa shape index (κ1) is 13.2. The van der Waals surface area contributed by atoms with Gasteiger partial charge in [-0.2, -0.15) is 5.10 Å². The maximum absolute atomic E-state index is 11.7. The molecule has 0 N–H and O–H groups in total. The second kappa shape index (κ2) is 5.70. The van der Waals surface area contributed by atoms with E-state index in [2.05, 4.69) is 35.9 Å². The standard InChI is InChI=1S/C13H14BrN5O/c14-10-7-15-13(16-8-10)18-6-2-3-11(18)9-19-12(20)4-1-5-17-19/h1,4-5,7-8,11H,2-3,6,9H2. The van der Waals surface area contributed by atoms with Crippen molar-refractivity contribution in [3.63, 3.8) is 0 Å². The second-order valence-corrected chi connectivity index (χ2v) is 5.65. The van der Waals surface area contributed by atoms with Gasteiger partial charge >= 0.3 is 0 Å². The van der Waals surface area contributed by atoms with E-state index >= 15 is 0 Å². The van der Waals surface area contributed by atoms with E-state index in [1.807, 2.05) is 0 Å². The first-order valence-corrected chi connectivity index (χ1v) is 7.29. The first-order valence-electron chi connectivity index (χ1n) is 6.50. The number of anilines is 1. The molecule has 3 heterocycles. The second-order valence-electron chi connectivity index (χ2n) is 4.73. The lowest BCUT2D eigenvalue weighted by molar-refractivity contribution is 0.485. The van der Waals surface area contributed by atoms with Gasteiger partial charge in [-0.3, -0.25) is 4.79 Å². The Morgan fingerprint density at radius 3 is 2.90 bits per heavy atom. The van der Waals surface area contributed by atoms with Crippen LogP contribution in [0.25, 0.3) is 0 Å². The molecule has 104 valence electrons. The van der Waals surface area contributed by atoms with Gasteiger partial charge in [0.15, 0.2) is 0 Å². The molecular weight excluding hydrogens is 322 g/mol. The average Bonchev–Trinajstić information content (AvgIpc) is 2.90. The van der Waals surface area contributed by atoms with Gasteiger partial charge in [-0.15, -0.1) is 0 Å². The Morgan fingerprint density at radius 1 is 1.35 bits per heavy atom. The van der Waals surface area contributed by atoms with E-state index in [0.29, 0.717) is 12.5 Å². The van der Waals surface area contributed by atoms with Gasteiger partial charge in [-0.05, 0) is 34.8 Å². The van der Waals surface area contributed by atoms with Gasteiger partial charge in [-0.25, -0.2) is 14.6 Å². The van der Waals surface area contributed by atoms with Crippen LogP contribution in [-0.4, -0.2) is 32.3 Å². The predicted octanol–water partition coefficient (Wildman–Crippen LogP) is 1.46. The van der Waals surface area contributed by atoms with Crippen LogP contribution in [0.3, 0.4) is 0 Å². The lowest BCUT2D eigenvalue weighted by Gasteiger charge is -2.24. The third kappa shape index (κ3) is 2.72. The fraction of sp³-hybridized carbons (Fsp3) is 0.385. The van der Waals surface area contributed by atoms with Crippen molar-refractivity contribution in [1.82, 2.24) is 19.7 Å². The molecule has 1 aliphatic heterocycles. The van der Waals surface area contributed by atoms with Crippen LogP contribution in [-0.2, 0) is 6.54 Å². The third-order valence-corrected chi connectivity index (χ3v) is 3.82. The SMILES string of the molecule is O=c1cccnn1CC1CCCN1c1ncc(Br)cn1. The quantitative estimate of drug-likeness (QED) is 0.849. The molecule has 20 heavy (non-hydrogen) atoms. The highest BCUT2D eigenvalue weighted by Crippen LogP contribution is 2.23. The molecule has 1 fully saturated rings. The number of halogens is 1. The molecule has 2 aromatic heterocycles. The van der Waals surface area contributed by atoms with Crippen molar-refractivity contribution in [1.29, 1.82) is 0 Å². The van der Waals surface area contributed by atoms with E-state index in [-0.39, 0.29) is 11.6 Å². The van der Waals surface area contributed by atoms with Crippen LogP contribution in [0, 0.1) is 0 Å². The van der Waals surface area contributed by atoms with Gasteiger partial charge in [0.05, 0.1) is 17.1 Å². The Hall–Kier alpha value is -1.76. The highest BCUT2D eigenvalue weighted by atomic mass is 79.9. The molecule has 1 atom stereocenters. The largest absolute Gasteiger partial charge is 0.336 e. The third-order valence-electron chi connectivity index (χ3n) is 3.41. The highest BCUT2D eigenvalue weighted by molar-refractivity contribution is 9.10. The van der Waals surface area contributed by atoms with Crippen molar-refractivity contribution in [2.45, 2.75) is 25.4 Å². The van der Waals surface area contributed by atoms with Crippen molar-refractivity contribution in [3.8, 4) is 0 Å². The lowest BCUT2D eigenvalue weighted by Crippen LogP contribution is -2.37. The van der Waals surface area contributed by atoms with Crippen LogP contribution in [0.2, 0.25) is 0 Å². The van der Waals surface area contributed by atoms with Crippen molar-refractivity contribution in [3.05, 3.63) is 45.5 Å². The van der Waals surface area contributed by atoms with E-state index in [1.165, 1.54) is 10.7 Å². The molecule has 6 nitrogen and oxygen atoms in total. The zero-order chi connectivity index (χ0) is 13.9. The van der Waals surface area contributed by atoms with Gasteiger partial charge in [0, 0.05) is 31.2 Å². The zero-order valence-corrected chi connectivity index (χ0v) is 12.4. The van der Waals surface area contributed by atoms with E-state index < -0.39 is 0 Å². The summed E-state index contributed by atoms with van der Waals surface area (Å²) < 4.78 is 2.36. The number of rotatable bonds is 3. The van der Waals surface area contributed by atoms with Crippen LogP contribution < -0.4 is 10.5 Å². The summed E-state index contributed by atoms with van der Waals surface area (Å²) in [5.41, 5.74) is -0.0731. The van der Waals surface area contributed by atoms with Crippen molar-refractivity contribution in [2.75, 3.05) is 11.4 Å². The molecule has 1 aliphatic rings. The Balaban J connectivity index is 1.81. The van der Waals surface area contributed by atoms with Crippen LogP contribution >= 0.6 is 15.9 Å². The summed E-state index contributed by atoms with van der Waals surface area (Å²) in [4.78, 5) is 22.6. The predicted molar refractivity (Wildman–Crippen MR) is 78.6 cm³/mol. The minimum absolute atomic E-state index is 0.0731. The van der Waals surface area contributed by atoms with Gasteiger partial charge in [0.25, 0.3) is 5.56 Å². The van der Waals surface area contributed by atoms with E-state index in [9.17, 15) is 4.79 Å². The normalized spacial score (nSPS) is 18.4. The number of hydrogen-bond donors (Lipinski definition) is 0. The Bertz CT molecular complexity index is 642. The van der Waals surface area contributed by atoms with Gasteiger partial charge < -0.3 is 4.90 Å².